The maximum absolute atomic E-state index is 11.6. The van der Waals surface area contributed by atoms with E-state index in [1.165, 1.54) is 0 Å². The van der Waals surface area contributed by atoms with Crippen LogP contribution in [0.2, 0.25) is 0 Å². The Labute approximate surface area is 82.1 Å². The van der Waals surface area contributed by atoms with E-state index in [1.807, 2.05) is 6.92 Å². The summed E-state index contributed by atoms with van der Waals surface area (Å²) >= 11 is 0. The number of ether oxygens (including phenoxy) is 1. The molecule has 14 heavy (non-hydrogen) atoms. The summed E-state index contributed by atoms with van der Waals surface area (Å²) in [5.41, 5.74) is 0. The monoisotopic (exact) mass is 214 g/mol. The second kappa shape index (κ2) is 7.06. The van der Waals surface area contributed by atoms with Crippen LogP contribution in [0.3, 0.4) is 0 Å². The van der Waals surface area contributed by atoms with Gasteiger partial charge in [-0.1, -0.05) is 6.92 Å². The van der Waals surface area contributed by atoms with Crippen molar-refractivity contribution in [3.8, 4) is 0 Å². The Morgan fingerprint density at radius 1 is 1.29 bits per heavy atom. The molecular weight excluding hydrogens is 197 g/mol. The number of aliphatic hydroxyl groups is 1. The Morgan fingerprint density at radius 2 is 1.93 bits per heavy atom. The zero-order chi connectivity index (χ0) is 11.0. The van der Waals surface area contributed by atoms with Gasteiger partial charge in [0.1, 0.15) is 0 Å². The van der Waals surface area contributed by atoms with Gasteiger partial charge in [0, 0.05) is 6.61 Å². The lowest BCUT2D eigenvalue weighted by molar-refractivity contribution is -0.145. The molecule has 1 N–H and O–H groups in total. The highest BCUT2D eigenvalue weighted by Gasteiger charge is 2.26. The second-order valence-electron chi connectivity index (χ2n) is 3.18. The minimum atomic E-state index is -4.14. The Morgan fingerprint density at radius 3 is 2.43 bits per heavy atom. The summed E-state index contributed by atoms with van der Waals surface area (Å²) in [4.78, 5) is 0. The third-order valence-electron chi connectivity index (χ3n) is 1.83. The zero-order valence-corrected chi connectivity index (χ0v) is 8.31. The van der Waals surface area contributed by atoms with E-state index in [0.29, 0.717) is 19.3 Å². The van der Waals surface area contributed by atoms with Crippen LogP contribution >= 0.6 is 0 Å². The number of halogens is 3. The minimum absolute atomic E-state index is 0.285. The molecule has 1 atom stereocenters. The molecule has 0 aliphatic rings. The molecule has 0 saturated carbocycles. The summed E-state index contributed by atoms with van der Waals surface area (Å²) in [6, 6.07) is 0. The normalized spacial score (nSPS) is 14.4. The summed E-state index contributed by atoms with van der Waals surface area (Å²) in [7, 11) is 0. The summed E-state index contributed by atoms with van der Waals surface area (Å²) in [6.45, 7) is 1.86. The molecule has 0 rings (SSSR count). The Bertz CT molecular complexity index is 137. The van der Waals surface area contributed by atoms with Crippen LogP contribution in [-0.4, -0.2) is 30.6 Å². The van der Waals surface area contributed by atoms with Gasteiger partial charge in [-0.3, -0.25) is 0 Å². The highest BCUT2D eigenvalue weighted by molar-refractivity contribution is 4.52. The molecular formula is C9H17F3O2. The molecule has 0 aromatic heterocycles. The SMILES string of the molecule is CCC(O)CCCOCCC(F)(F)F. The molecule has 1 unspecified atom stereocenters. The highest BCUT2D eigenvalue weighted by Crippen LogP contribution is 2.18. The third kappa shape index (κ3) is 9.80. The minimum Gasteiger partial charge on any atom is -0.393 e. The average Bonchev–Trinajstić information content (AvgIpc) is 2.08. The quantitative estimate of drug-likeness (QED) is 0.660. The molecule has 0 amide bonds. The molecule has 0 aromatic carbocycles. The number of hydrogen-bond donors (Lipinski definition) is 1. The van der Waals surface area contributed by atoms with E-state index in [-0.39, 0.29) is 19.3 Å². The predicted molar refractivity (Wildman–Crippen MR) is 47.0 cm³/mol. The van der Waals surface area contributed by atoms with Crippen molar-refractivity contribution in [2.75, 3.05) is 13.2 Å². The molecule has 0 saturated heterocycles. The highest BCUT2D eigenvalue weighted by atomic mass is 19.4. The van der Waals surface area contributed by atoms with E-state index < -0.39 is 12.6 Å². The topological polar surface area (TPSA) is 29.5 Å². The fourth-order valence-corrected chi connectivity index (χ4v) is 0.915. The first-order chi connectivity index (χ1) is 6.45. The van der Waals surface area contributed by atoms with Gasteiger partial charge in [0.2, 0.25) is 0 Å². The van der Waals surface area contributed by atoms with Crippen LogP contribution in [0.15, 0.2) is 0 Å². The van der Waals surface area contributed by atoms with Gasteiger partial charge in [0.05, 0.1) is 19.1 Å². The zero-order valence-electron chi connectivity index (χ0n) is 8.31. The van der Waals surface area contributed by atoms with Crippen LogP contribution in [-0.2, 0) is 4.74 Å². The lowest BCUT2D eigenvalue weighted by atomic mass is 10.1. The largest absolute Gasteiger partial charge is 0.393 e. The van der Waals surface area contributed by atoms with Crippen molar-refractivity contribution in [1.29, 1.82) is 0 Å². The van der Waals surface area contributed by atoms with Gasteiger partial charge in [-0.25, -0.2) is 0 Å². The van der Waals surface area contributed by atoms with E-state index in [1.54, 1.807) is 0 Å². The molecule has 0 bridgehead atoms. The van der Waals surface area contributed by atoms with Crippen molar-refractivity contribution in [2.24, 2.45) is 0 Å². The van der Waals surface area contributed by atoms with Gasteiger partial charge in [-0.15, -0.1) is 0 Å². The maximum atomic E-state index is 11.6. The molecule has 0 radical (unpaired) electrons. The third-order valence-corrected chi connectivity index (χ3v) is 1.83. The molecule has 0 fully saturated rings. The average molecular weight is 214 g/mol. The van der Waals surface area contributed by atoms with Gasteiger partial charge in [0.25, 0.3) is 0 Å². The van der Waals surface area contributed by atoms with Gasteiger partial charge in [-0.05, 0) is 19.3 Å². The van der Waals surface area contributed by atoms with E-state index in [0.717, 1.165) is 0 Å². The van der Waals surface area contributed by atoms with Gasteiger partial charge < -0.3 is 9.84 Å². The summed E-state index contributed by atoms with van der Waals surface area (Å²) < 4.78 is 39.7. The van der Waals surface area contributed by atoms with Crippen molar-refractivity contribution < 1.29 is 23.0 Å². The molecule has 0 aliphatic carbocycles. The van der Waals surface area contributed by atoms with Crippen molar-refractivity contribution in [3.05, 3.63) is 0 Å². The van der Waals surface area contributed by atoms with Gasteiger partial charge in [0.15, 0.2) is 0 Å². The smallest absolute Gasteiger partial charge is 0.391 e. The number of hydrogen-bond acceptors (Lipinski definition) is 2. The van der Waals surface area contributed by atoms with E-state index >= 15 is 0 Å². The first kappa shape index (κ1) is 13.7. The van der Waals surface area contributed by atoms with Gasteiger partial charge in [-0.2, -0.15) is 13.2 Å². The van der Waals surface area contributed by atoms with E-state index in [4.69, 9.17) is 9.84 Å². The summed E-state index contributed by atoms with van der Waals surface area (Å²) in [6.07, 6.45) is -3.54. The second-order valence-corrected chi connectivity index (χ2v) is 3.18. The first-order valence-electron chi connectivity index (χ1n) is 4.78. The lowest BCUT2D eigenvalue weighted by Crippen LogP contribution is -2.12. The van der Waals surface area contributed by atoms with Crippen LogP contribution in [0.4, 0.5) is 13.2 Å². The maximum Gasteiger partial charge on any atom is 0.391 e. The van der Waals surface area contributed by atoms with Crippen molar-refractivity contribution in [2.45, 2.75) is 44.9 Å². The van der Waals surface area contributed by atoms with Crippen LogP contribution in [0, 0.1) is 0 Å². The number of aliphatic hydroxyl groups excluding tert-OH is 1. The molecule has 2 nitrogen and oxygen atoms in total. The molecule has 86 valence electrons. The Kier molecular flexibility index (Phi) is 6.92. The Balaban J connectivity index is 3.14. The fourth-order valence-electron chi connectivity index (χ4n) is 0.915. The predicted octanol–water partition coefficient (Wildman–Crippen LogP) is 2.51. The van der Waals surface area contributed by atoms with Crippen molar-refractivity contribution >= 4 is 0 Å². The summed E-state index contributed by atoms with van der Waals surface area (Å²) in [5, 5.41) is 9.11. The fraction of sp³-hybridized carbons (Fsp3) is 1.00. The van der Waals surface area contributed by atoms with E-state index in [9.17, 15) is 13.2 Å². The van der Waals surface area contributed by atoms with Gasteiger partial charge >= 0.3 is 6.18 Å². The van der Waals surface area contributed by atoms with Crippen molar-refractivity contribution in [1.82, 2.24) is 0 Å². The molecule has 0 aromatic rings. The summed E-state index contributed by atoms with van der Waals surface area (Å²) in [5.74, 6) is 0. The van der Waals surface area contributed by atoms with Crippen LogP contribution in [0.5, 0.6) is 0 Å². The molecule has 5 heteroatoms. The van der Waals surface area contributed by atoms with Crippen LogP contribution in [0.25, 0.3) is 0 Å². The van der Waals surface area contributed by atoms with E-state index in [2.05, 4.69) is 0 Å². The number of rotatable bonds is 7. The molecule has 0 heterocycles. The van der Waals surface area contributed by atoms with Crippen LogP contribution < -0.4 is 0 Å². The number of alkyl halides is 3. The first-order valence-corrected chi connectivity index (χ1v) is 4.78. The van der Waals surface area contributed by atoms with Crippen molar-refractivity contribution in [3.63, 3.8) is 0 Å². The lowest BCUT2D eigenvalue weighted by Gasteiger charge is -2.09. The standard InChI is InChI=1S/C9H17F3O2/c1-2-8(13)4-3-6-14-7-5-9(10,11)12/h8,13H,2-7H2,1H3. The van der Waals surface area contributed by atoms with Crippen LogP contribution in [0.1, 0.15) is 32.6 Å². The molecule has 0 aliphatic heterocycles. The molecule has 0 spiro atoms. The Hall–Kier alpha value is -0.290.